The van der Waals surface area contributed by atoms with Gasteiger partial charge in [-0.05, 0) is 22.0 Å². The summed E-state index contributed by atoms with van der Waals surface area (Å²) < 4.78 is 25.7. The maximum Gasteiger partial charge on any atom is 0.252 e. The molecule has 6 nitrogen and oxygen atoms in total. The third-order valence-corrected chi connectivity index (χ3v) is 3.89. The van der Waals surface area contributed by atoms with Crippen LogP contribution in [0.1, 0.15) is 17.3 Å². The Hall–Kier alpha value is -0.990. The number of carbonyl (C=O) groups excluding carboxylic acids is 1. The lowest BCUT2D eigenvalue weighted by molar-refractivity contribution is 0.0955. The molecule has 0 radical (unpaired) electrons. The van der Waals surface area contributed by atoms with Gasteiger partial charge in [-0.2, -0.15) is 0 Å². The van der Waals surface area contributed by atoms with Gasteiger partial charge in [-0.15, -0.1) is 0 Å². The summed E-state index contributed by atoms with van der Waals surface area (Å²) in [6.45, 7) is 2.09. The molecule has 18 heavy (non-hydrogen) atoms. The van der Waals surface area contributed by atoms with E-state index in [2.05, 4.69) is 31.0 Å². The van der Waals surface area contributed by atoms with Crippen LogP contribution in [-0.4, -0.2) is 38.2 Å². The van der Waals surface area contributed by atoms with Crippen molar-refractivity contribution in [2.45, 2.75) is 6.92 Å². The van der Waals surface area contributed by atoms with Crippen molar-refractivity contribution in [3.8, 4) is 0 Å². The maximum atomic E-state index is 11.7. The zero-order chi connectivity index (χ0) is 13.6. The Balaban J connectivity index is 2.48. The van der Waals surface area contributed by atoms with Crippen LogP contribution in [0.3, 0.4) is 0 Å². The predicted molar refractivity (Wildman–Crippen MR) is 71.7 cm³/mol. The molecule has 2 N–H and O–H groups in total. The first-order chi connectivity index (χ1) is 8.44. The molecule has 0 aliphatic rings. The summed E-state index contributed by atoms with van der Waals surface area (Å²) in [4.78, 5) is 15.5. The average molecular weight is 336 g/mol. The minimum atomic E-state index is -3.31. The van der Waals surface area contributed by atoms with E-state index in [1.807, 2.05) is 0 Å². The van der Waals surface area contributed by atoms with E-state index in [1.54, 1.807) is 19.2 Å². The molecule has 0 spiro atoms. The number of nitrogens with zero attached hydrogens (tertiary/aromatic N) is 1. The molecule has 0 saturated carbocycles. The van der Waals surface area contributed by atoms with E-state index in [0.29, 0.717) is 16.6 Å². The average Bonchev–Trinajstić information content (AvgIpc) is 2.28. The summed E-state index contributed by atoms with van der Waals surface area (Å²) in [6, 6.07) is 1.61. The van der Waals surface area contributed by atoms with Crippen LogP contribution in [0.25, 0.3) is 0 Å². The third kappa shape index (κ3) is 5.11. The number of amides is 1. The van der Waals surface area contributed by atoms with Crippen molar-refractivity contribution in [1.82, 2.24) is 15.0 Å². The molecule has 1 aromatic rings. The molecule has 0 aliphatic heterocycles. The first-order valence-electron chi connectivity index (χ1n) is 5.30. The fourth-order valence-electron chi connectivity index (χ4n) is 1.23. The second kappa shape index (κ2) is 6.81. The molecule has 1 rings (SSSR count). The van der Waals surface area contributed by atoms with Crippen LogP contribution in [0.2, 0.25) is 0 Å². The van der Waals surface area contributed by atoms with Crippen LogP contribution < -0.4 is 10.0 Å². The van der Waals surface area contributed by atoms with E-state index in [1.165, 1.54) is 6.20 Å². The fraction of sp³-hybridized carbons (Fsp3) is 0.400. The van der Waals surface area contributed by atoms with Gasteiger partial charge < -0.3 is 5.32 Å². The first-order valence-corrected chi connectivity index (χ1v) is 7.75. The number of sulfonamides is 1. The molecule has 8 heteroatoms. The highest BCUT2D eigenvalue weighted by molar-refractivity contribution is 9.10. The Kier molecular flexibility index (Phi) is 5.70. The van der Waals surface area contributed by atoms with E-state index in [-0.39, 0.29) is 18.2 Å². The number of halogens is 1. The second-order valence-electron chi connectivity index (χ2n) is 3.46. The summed E-state index contributed by atoms with van der Waals surface area (Å²) in [5.74, 6) is -0.496. The highest BCUT2D eigenvalue weighted by Crippen LogP contribution is 2.09. The third-order valence-electron chi connectivity index (χ3n) is 1.99. The number of nitrogens with one attached hydrogen (secondary N) is 2. The lowest BCUT2D eigenvalue weighted by Crippen LogP contribution is -2.34. The summed E-state index contributed by atoms with van der Waals surface area (Å²) >= 11 is 3.20. The lowest BCUT2D eigenvalue weighted by atomic mass is 10.3. The number of hydrogen-bond donors (Lipinski definition) is 2. The van der Waals surface area contributed by atoms with Crippen molar-refractivity contribution >= 4 is 31.9 Å². The van der Waals surface area contributed by atoms with Gasteiger partial charge in [0.2, 0.25) is 10.0 Å². The number of hydrogen-bond acceptors (Lipinski definition) is 4. The zero-order valence-corrected chi connectivity index (χ0v) is 12.2. The highest BCUT2D eigenvalue weighted by atomic mass is 79.9. The van der Waals surface area contributed by atoms with E-state index in [4.69, 9.17) is 0 Å². The number of rotatable bonds is 6. The van der Waals surface area contributed by atoms with E-state index >= 15 is 0 Å². The Morgan fingerprint density at radius 3 is 2.78 bits per heavy atom. The molecule has 1 heterocycles. The molecule has 0 atom stereocenters. The summed E-state index contributed by atoms with van der Waals surface area (Å²) in [7, 11) is -3.31. The van der Waals surface area contributed by atoms with Gasteiger partial charge >= 0.3 is 0 Å². The Labute approximate surface area is 114 Å². The quantitative estimate of drug-likeness (QED) is 0.792. The molecular formula is C10H14BrN3O3S. The molecule has 1 amide bonds. The number of pyridine rings is 1. The van der Waals surface area contributed by atoms with Crippen molar-refractivity contribution in [3.63, 3.8) is 0 Å². The standard InChI is InChI=1S/C10H14BrN3O3S/c1-2-14-18(16,17)4-3-13-10(15)8-5-9(11)7-12-6-8/h5-7,14H,2-4H2,1H3,(H,13,15). The summed E-state index contributed by atoms with van der Waals surface area (Å²) in [5, 5.41) is 2.52. The van der Waals surface area contributed by atoms with Gasteiger partial charge in [-0.3, -0.25) is 9.78 Å². The largest absolute Gasteiger partial charge is 0.351 e. The molecule has 1 aromatic heterocycles. The maximum absolute atomic E-state index is 11.7. The first kappa shape index (κ1) is 15.1. The number of aromatic nitrogens is 1. The molecular weight excluding hydrogens is 322 g/mol. The Morgan fingerprint density at radius 1 is 1.44 bits per heavy atom. The molecule has 0 unspecified atom stereocenters. The van der Waals surface area contributed by atoms with Crippen molar-refractivity contribution in [1.29, 1.82) is 0 Å². The fourth-order valence-corrected chi connectivity index (χ4v) is 2.55. The van der Waals surface area contributed by atoms with E-state index < -0.39 is 10.0 Å². The van der Waals surface area contributed by atoms with Crippen LogP contribution in [-0.2, 0) is 10.0 Å². The van der Waals surface area contributed by atoms with Gasteiger partial charge in [0, 0.05) is 30.0 Å². The molecule has 0 saturated heterocycles. The van der Waals surface area contributed by atoms with E-state index in [0.717, 1.165) is 0 Å². The second-order valence-corrected chi connectivity index (χ2v) is 6.31. The lowest BCUT2D eigenvalue weighted by Gasteiger charge is -2.06. The summed E-state index contributed by atoms with van der Waals surface area (Å²) in [6.07, 6.45) is 2.98. The predicted octanol–water partition coefficient (Wildman–Crippen LogP) is 0.513. The Morgan fingerprint density at radius 2 is 2.17 bits per heavy atom. The van der Waals surface area contributed by atoms with Gasteiger partial charge in [-0.25, -0.2) is 13.1 Å². The zero-order valence-electron chi connectivity index (χ0n) is 9.81. The minimum Gasteiger partial charge on any atom is -0.351 e. The molecule has 0 aromatic carbocycles. The Bertz CT molecular complexity index is 519. The van der Waals surface area contributed by atoms with Crippen molar-refractivity contribution in [2.75, 3.05) is 18.8 Å². The minimum absolute atomic E-state index is 0.0562. The van der Waals surface area contributed by atoms with Crippen molar-refractivity contribution < 1.29 is 13.2 Å². The highest BCUT2D eigenvalue weighted by Gasteiger charge is 2.10. The molecule has 0 bridgehead atoms. The van der Waals surface area contributed by atoms with Crippen LogP contribution >= 0.6 is 15.9 Å². The van der Waals surface area contributed by atoms with Crippen LogP contribution in [0.5, 0.6) is 0 Å². The van der Waals surface area contributed by atoms with Crippen molar-refractivity contribution in [2.24, 2.45) is 0 Å². The van der Waals surface area contributed by atoms with Crippen LogP contribution in [0.4, 0.5) is 0 Å². The monoisotopic (exact) mass is 335 g/mol. The van der Waals surface area contributed by atoms with Crippen LogP contribution in [0.15, 0.2) is 22.9 Å². The van der Waals surface area contributed by atoms with Crippen molar-refractivity contribution in [3.05, 3.63) is 28.5 Å². The SMILES string of the molecule is CCNS(=O)(=O)CCNC(=O)c1cncc(Br)c1. The van der Waals surface area contributed by atoms with Gasteiger partial charge in [0.25, 0.3) is 5.91 Å². The molecule has 100 valence electrons. The van der Waals surface area contributed by atoms with Gasteiger partial charge in [0.1, 0.15) is 0 Å². The molecule has 0 aliphatic carbocycles. The van der Waals surface area contributed by atoms with Gasteiger partial charge in [0.15, 0.2) is 0 Å². The smallest absolute Gasteiger partial charge is 0.252 e. The normalized spacial score (nSPS) is 11.2. The van der Waals surface area contributed by atoms with E-state index in [9.17, 15) is 13.2 Å². The van der Waals surface area contributed by atoms with Gasteiger partial charge in [0.05, 0.1) is 11.3 Å². The summed E-state index contributed by atoms with van der Waals surface area (Å²) in [5.41, 5.74) is 0.380. The number of carbonyl (C=O) groups is 1. The topological polar surface area (TPSA) is 88.2 Å². The molecule has 0 fully saturated rings. The van der Waals surface area contributed by atoms with Crippen LogP contribution in [0, 0.1) is 0 Å². The van der Waals surface area contributed by atoms with Gasteiger partial charge in [-0.1, -0.05) is 6.92 Å².